The van der Waals surface area contributed by atoms with Crippen LogP contribution in [-0.4, -0.2) is 0 Å². The van der Waals surface area contributed by atoms with Crippen LogP contribution in [0.15, 0.2) is 23.3 Å². The van der Waals surface area contributed by atoms with Crippen LogP contribution in [0.2, 0.25) is 0 Å². The van der Waals surface area contributed by atoms with Crippen molar-refractivity contribution in [3.05, 3.63) is 23.3 Å². The van der Waals surface area contributed by atoms with Gasteiger partial charge in [0, 0.05) is 0 Å². The summed E-state index contributed by atoms with van der Waals surface area (Å²) in [6, 6.07) is 0. The van der Waals surface area contributed by atoms with Crippen molar-refractivity contribution in [3.63, 3.8) is 0 Å². The zero-order valence-corrected chi connectivity index (χ0v) is 12.8. The summed E-state index contributed by atoms with van der Waals surface area (Å²) in [5.41, 5.74) is 3.75. The molecule has 2 aliphatic carbocycles. The van der Waals surface area contributed by atoms with E-state index in [4.69, 9.17) is 0 Å². The first-order valence-electron chi connectivity index (χ1n) is 7.92. The molecule has 2 rings (SSSR count). The molecule has 0 saturated heterocycles. The lowest BCUT2D eigenvalue weighted by Crippen LogP contribution is -2.27. The van der Waals surface area contributed by atoms with Gasteiger partial charge in [-0.3, -0.25) is 0 Å². The first-order chi connectivity index (χ1) is 8.50. The maximum atomic E-state index is 2.52. The van der Waals surface area contributed by atoms with Crippen molar-refractivity contribution in [2.75, 3.05) is 0 Å². The van der Waals surface area contributed by atoms with E-state index in [1.807, 2.05) is 0 Å². The summed E-state index contributed by atoms with van der Waals surface area (Å²) in [5, 5.41) is 0. The molecule has 1 saturated carbocycles. The molecule has 2 aliphatic rings. The van der Waals surface area contributed by atoms with Crippen LogP contribution < -0.4 is 0 Å². The zero-order chi connectivity index (χ0) is 13.2. The Balaban J connectivity index is 2.10. The van der Waals surface area contributed by atoms with Crippen LogP contribution >= 0.6 is 0 Å². The highest BCUT2D eigenvalue weighted by molar-refractivity contribution is 5.34. The maximum Gasteiger partial charge on any atom is -0.0113 e. The second kappa shape index (κ2) is 5.63. The molecule has 0 aromatic rings. The molecule has 0 amide bonds. The third-order valence-electron chi connectivity index (χ3n) is 5.04. The third kappa shape index (κ3) is 3.08. The summed E-state index contributed by atoms with van der Waals surface area (Å²) in [5.74, 6) is 1.62. The predicted molar refractivity (Wildman–Crippen MR) is 80.6 cm³/mol. The lowest BCUT2D eigenvalue weighted by molar-refractivity contribution is 0.194. The molecule has 0 aromatic carbocycles. The van der Waals surface area contributed by atoms with Gasteiger partial charge in [-0.1, -0.05) is 70.3 Å². The summed E-state index contributed by atoms with van der Waals surface area (Å²) in [6.07, 6.45) is 14.8. The van der Waals surface area contributed by atoms with E-state index in [0.717, 1.165) is 5.92 Å². The Morgan fingerprint density at radius 2 is 1.78 bits per heavy atom. The topological polar surface area (TPSA) is 0 Å². The summed E-state index contributed by atoms with van der Waals surface area (Å²) in [7, 11) is 0. The fraction of sp³-hybridized carbons (Fsp3) is 0.778. The Labute approximate surface area is 114 Å². The zero-order valence-electron chi connectivity index (χ0n) is 12.8. The van der Waals surface area contributed by atoms with E-state index in [-0.39, 0.29) is 0 Å². The lowest BCUT2D eigenvalue weighted by atomic mass is 9.67. The predicted octanol–water partition coefficient (Wildman–Crippen LogP) is 5.90. The fourth-order valence-electron chi connectivity index (χ4n) is 3.80. The van der Waals surface area contributed by atoms with Crippen molar-refractivity contribution >= 4 is 0 Å². The van der Waals surface area contributed by atoms with Crippen molar-refractivity contribution in [2.45, 2.75) is 72.6 Å². The lowest BCUT2D eigenvalue weighted by Gasteiger charge is -2.38. The first kappa shape index (κ1) is 13.9. The number of rotatable bonds is 3. The molecule has 0 unspecified atom stereocenters. The summed E-state index contributed by atoms with van der Waals surface area (Å²) < 4.78 is 0. The standard InChI is InChI=1S/C18H30/c1-14(2)12-15-10-11-17(13-15)18(3,4)16-8-6-5-7-9-16/h12-14,16H,5-11H2,1-4H3/b15-12-. The van der Waals surface area contributed by atoms with E-state index in [1.54, 1.807) is 11.1 Å². The van der Waals surface area contributed by atoms with Crippen LogP contribution in [0.3, 0.4) is 0 Å². The largest absolute Gasteiger partial charge is 0.0787 e. The van der Waals surface area contributed by atoms with Gasteiger partial charge in [0.1, 0.15) is 0 Å². The van der Waals surface area contributed by atoms with Crippen LogP contribution in [0, 0.1) is 17.3 Å². The van der Waals surface area contributed by atoms with Crippen LogP contribution in [-0.2, 0) is 0 Å². The summed E-state index contributed by atoms with van der Waals surface area (Å²) in [4.78, 5) is 0. The molecule has 0 radical (unpaired) electrons. The van der Waals surface area contributed by atoms with Gasteiger partial charge in [0.25, 0.3) is 0 Å². The second-order valence-electron chi connectivity index (χ2n) is 7.21. The van der Waals surface area contributed by atoms with Crippen LogP contribution in [0.5, 0.6) is 0 Å². The average Bonchev–Trinajstić information content (AvgIpc) is 2.78. The Morgan fingerprint density at radius 1 is 1.11 bits per heavy atom. The van der Waals surface area contributed by atoms with E-state index < -0.39 is 0 Å². The number of hydrogen-bond acceptors (Lipinski definition) is 0. The average molecular weight is 246 g/mol. The van der Waals surface area contributed by atoms with Crippen molar-refractivity contribution in [2.24, 2.45) is 17.3 Å². The van der Waals surface area contributed by atoms with Gasteiger partial charge in [0.2, 0.25) is 0 Å². The molecule has 0 heteroatoms. The Morgan fingerprint density at radius 3 is 2.39 bits per heavy atom. The van der Waals surface area contributed by atoms with E-state index in [0.29, 0.717) is 11.3 Å². The number of hydrogen-bond donors (Lipinski definition) is 0. The van der Waals surface area contributed by atoms with Gasteiger partial charge in [-0.2, -0.15) is 0 Å². The molecular weight excluding hydrogens is 216 g/mol. The molecule has 0 heterocycles. The minimum absolute atomic E-state index is 0.437. The normalized spacial score (nSPS) is 24.9. The molecule has 0 atom stereocenters. The molecule has 0 aliphatic heterocycles. The van der Waals surface area contributed by atoms with E-state index in [2.05, 4.69) is 39.8 Å². The Bertz CT molecular complexity index is 335. The highest BCUT2D eigenvalue weighted by atomic mass is 14.4. The highest BCUT2D eigenvalue weighted by Crippen LogP contribution is 2.47. The molecule has 0 nitrogen and oxygen atoms in total. The molecule has 102 valence electrons. The molecular formula is C18H30. The van der Waals surface area contributed by atoms with Crippen molar-refractivity contribution in [1.29, 1.82) is 0 Å². The molecule has 0 bridgehead atoms. The fourth-order valence-corrected chi connectivity index (χ4v) is 3.80. The van der Waals surface area contributed by atoms with Crippen LogP contribution in [0.25, 0.3) is 0 Å². The van der Waals surface area contributed by atoms with Crippen molar-refractivity contribution in [3.8, 4) is 0 Å². The van der Waals surface area contributed by atoms with Gasteiger partial charge >= 0.3 is 0 Å². The Hall–Kier alpha value is -0.520. The van der Waals surface area contributed by atoms with Crippen LogP contribution in [0.4, 0.5) is 0 Å². The van der Waals surface area contributed by atoms with Crippen LogP contribution in [0.1, 0.15) is 72.6 Å². The smallest absolute Gasteiger partial charge is 0.0113 e. The summed E-state index contributed by atoms with van der Waals surface area (Å²) in [6.45, 7) is 9.55. The molecule has 1 fully saturated rings. The third-order valence-corrected chi connectivity index (χ3v) is 5.04. The van der Waals surface area contributed by atoms with Crippen molar-refractivity contribution < 1.29 is 0 Å². The Kier molecular flexibility index (Phi) is 4.35. The minimum atomic E-state index is 0.437. The van der Waals surface area contributed by atoms with Gasteiger partial charge in [-0.05, 0) is 42.9 Å². The van der Waals surface area contributed by atoms with Gasteiger partial charge < -0.3 is 0 Å². The second-order valence-corrected chi connectivity index (χ2v) is 7.21. The minimum Gasteiger partial charge on any atom is -0.0787 e. The molecule has 0 spiro atoms. The van der Waals surface area contributed by atoms with E-state index in [1.165, 1.54) is 44.9 Å². The number of allylic oxidation sites excluding steroid dienone is 4. The molecule has 0 N–H and O–H groups in total. The quantitative estimate of drug-likeness (QED) is 0.582. The highest BCUT2D eigenvalue weighted by Gasteiger charge is 2.34. The monoisotopic (exact) mass is 246 g/mol. The van der Waals surface area contributed by atoms with E-state index in [9.17, 15) is 0 Å². The SMILES string of the molecule is CC(C)/C=C1\C=C(C(C)(C)C2CCCCC2)CC1. The molecule has 0 aromatic heterocycles. The van der Waals surface area contributed by atoms with Gasteiger partial charge in [0.15, 0.2) is 0 Å². The van der Waals surface area contributed by atoms with Gasteiger partial charge in [0.05, 0.1) is 0 Å². The van der Waals surface area contributed by atoms with Crippen molar-refractivity contribution in [1.82, 2.24) is 0 Å². The summed E-state index contributed by atoms with van der Waals surface area (Å²) >= 11 is 0. The first-order valence-corrected chi connectivity index (χ1v) is 7.92. The van der Waals surface area contributed by atoms with Gasteiger partial charge in [-0.25, -0.2) is 0 Å². The van der Waals surface area contributed by atoms with Gasteiger partial charge in [-0.15, -0.1) is 0 Å². The van der Waals surface area contributed by atoms with E-state index >= 15 is 0 Å². The molecule has 18 heavy (non-hydrogen) atoms. The maximum absolute atomic E-state index is 2.52.